The molecule has 1 atom stereocenters. The summed E-state index contributed by atoms with van der Waals surface area (Å²) in [5.74, 6) is 0. The van der Waals surface area contributed by atoms with E-state index in [0.29, 0.717) is 6.54 Å². The summed E-state index contributed by atoms with van der Waals surface area (Å²) in [6, 6.07) is 0. The summed E-state index contributed by atoms with van der Waals surface area (Å²) in [4.78, 5) is 0. The number of nitrogens with one attached hydrogen (secondary N) is 1. The summed E-state index contributed by atoms with van der Waals surface area (Å²) in [6.07, 6.45) is 1.96. The Labute approximate surface area is 52.4 Å². The third kappa shape index (κ3) is 4.10. The molecular weight excluding hydrogens is 119 g/mol. The van der Waals surface area contributed by atoms with Gasteiger partial charge in [-0.3, -0.25) is 0 Å². The Morgan fingerprint density at radius 2 is 2.50 bits per heavy atom. The van der Waals surface area contributed by atoms with Crippen molar-refractivity contribution in [3.63, 3.8) is 0 Å². The van der Waals surface area contributed by atoms with Crippen LogP contribution in [0.4, 0.5) is 0 Å². The SMILES string of the molecule is CPN/C=C(/C)CN. The fourth-order valence-electron chi connectivity index (χ4n) is 0.254. The molecule has 0 aromatic carbocycles. The van der Waals surface area contributed by atoms with E-state index in [9.17, 15) is 0 Å². The molecule has 0 aliphatic heterocycles. The average molecular weight is 132 g/mol. The van der Waals surface area contributed by atoms with E-state index in [4.69, 9.17) is 5.73 Å². The quantitative estimate of drug-likeness (QED) is 0.553. The van der Waals surface area contributed by atoms with E-state index in [2.05, 4.69) is 11.8 Å². The first kappa shape index (κ1) is 7.93. The van der Waals surface area contributed by atoms with Gasteiger partial charge >= 0.3 is 0 Å². The Kier molecular flexibility index (Phi) is 5.03. The van der Waals surface area contributed by atoms with Gasteiger partial charge in [-0.2, -0.15) is 0 Å². The summed E-state index contributed by atoms with van der Waals surface area (Å²) < 4.78 is 0. The van der Waals surface area contributed by atoms with Gasteiger partial charge in [-0.05, 0) is 34.1 Å². The van der Waals surface area contributed by atoms with Crippen LogP contribution >= 0.6 is 8.73 Å². The molecule has 0 amide bonds. The van der Waals surface area contributed by atoms with E-state index in [1.54, 1.807) is 0 Å². The highest BCUT2D eigenvalue weighted by atomic mass is 31.1. The van der Waals surface area contributed by atoms with E-state index >= 15 is 0 Å². The Morgan fingerprint density at radius 1 is 1.88 bits per heavy atom. The standard InChI is InChI=1S/C5H13N2P/c1-5(3-6)4-7-8-2/h4,7-8H,3,6H2,1-2H3/b5-4-. The second-order valence-corrected chi connectivity index (χ2v) is 2.38. The average Bonchev–Trinajstić information content (AvgIpc) is 1.83. The van der Waals surface area contributed by atoms with Crippen LogP contribution in [0.2, 0.25) is 0 Å². The van der Waals surface area contributed by atoms with E-state index in [0.717, 1.165) is 8.73 Å². The smallest absolute Gasteiger partial charge is 0.0151 e. The van der Waals surface area contributed by atoms with Gasteiger partial charge in [0.2, 0.25) is 0 Å². The Hall–Kier alpha value is -0.0700. The van der Waals surface area contributed by atoms with E-state index in [1.807, 2.05) is 13.1 Å². The molecule has 0 aliphatic carbocycles. The molecule has 0 saturated heterocycles. The molecule has 0 heterocycles. The van der Waals surface area contributed by atoms with Gasteiger partial charge in [-0.1, -0.05) is 0 Å². The molecule has 0 radical (unpaired) electrons. The van der Waals surface area contributed by atoms with Crippen LogP contribution < -0.4 is 10.8 Å². The molecule has 3 N–H and O–H groups in total. The van der Waals surface area contributed by atoms with E-state index in [1.165, 1.54) is 5.57 Å². The van der Waals surface area contributed by atoms with E-state index < -0.39 is 0 Å². The van der Waals surface area contributed by atoms with Crippen molar-refractivity contribution in [2.24, 2.45) is 5.73 Å². The summed E-state index contributed by atoms with van der Waals surface area (Å²) in [5, 5.41) is 3.08. The van der Waals surface area contributed by atoms with Crippen LogP contribution in [-0.2, 0) is 0 Å². The highest BCUT2D eigenvalue weighted by molar-refractivity contribution is 7.34. The molecule has 2 nitrogen and oxygen atoms in total. The van der Waals surface area contributed by atoms with Crippen molar-refractivity contribution in [3.8, 4) is 0 Å². The monoisotopic (exact) mass is 132 g/mol. The second kappa shape index (κ2) is 5.07. The largest absolute Gasteiger partial charge is 0.373 e. The first-order valence-electron chi connectivity index (χ1n) is 2.59. The van der Waals surface area contributed by atoms with Crippen LogP contribution in [0.15, 0.2) is 11.8 Å². The lowest BCUT2D eigenvalue weighted by molar-refractivity contribution is 1.11. The molecule has 48 valence electrons. The molecule has 0 spiro atoms. The van der Waals surface area contributed by atoms with Crippen LogP contribution in [-0.4, -0.2) is 13.2 Å². The van der Waals surface area contributed by atoms with Crippen molar-refractivity contribution in [1.82, 2.24) is 5.09 Å². The molecule has 0 aromatic heterocycles. The Balaban J connectivity index is 3.26. The topological polar surface area (TPSA) is 38.0 Å². The first-order chi connectivity index (χ1) is 3.81. The predicted molar refractivity (Wildman–Crippen MR) is 40.2 cm³/mol. The van der Waals surface area contributed by atoms with Gasteiger partial charge in [-0.25, -0.2) is 0 Å². The predicted octanol–water partition coefficient (Wildman–Crippen LogP) is 0.662. The Bertz CT molecular complexity index is 80.5. The molecule has 0 fully saturated rings. The third-order valence-electron chi connectivity index (χ3n) is 0.785. The van der Waals surface area contributed by atoms with Gasteiger partial charge in [0, 0.05) is 6.54 Å². The molecule has 1 unspecified atom stereocenters. The number of nitrogens with two attached hydrogens (primary N) is 1. The van der Waals surface area contributed by atoms with Crippen molar-refractivity contribution >= 4 is 8.73 Å². The van der Waals surface area contributed by atoms with Crippen LogP contribution in [0.1, 0.15) is 6.92 Å². The second-order valence-electron chi connectivity index (χ2n) is 1.59. The fourth-order valence-corrected chi connectivity index (χ4v) is 0.645. The van der Waals surface area contributed by atoms with Crippen molar-refractivity contribution in [1.29, 1.82) is 0 Å². The lowest BCUT2D eigenvalue weighted by Gasteiger charge is -1.95. The van der Waals surface area contributed by atoms with Gasteiger partial charge in [0.05, 0.1) is 0 Å². The van der Waals surface area contributed by atoms with Crippen molar-refractivity contribution in [2.75, 3.05) is 13.2 Å². The number of hydrogen-bond acceptors (Lipinski definition) is 2. The third-order valence-corrected chi connectivity index (χ3v) is 1.22. The van der Waals surface area contributed by atoms with Gasteiger partial charge in [-0.15, -0.1) is 0 Å². The van der Waals surface area contributed by atoms with Crippen molar-refractivity contribution in [3.05, 3.63) is 11.8 Å². The molecule has 8 heavy (non-hydrogen) atoms. The summed E-state index contributed by atoms with van der Waals surface area (Å²) in [6.45, 7) is 4.74. The molecular formula is C5H13N2P. The minimum Gasteiger partial charge on any atom is -0.373 e. The molecule has 0 rings (SSSR count). The van der Waals surface area contributed by atoms with Crippen LogP contribution in [0.3, 0.4) is 0 Å². The maximum Gasteiger partial charge on any atom is 0.0151 e. The zero-order chi connectivity index (χ0) is 6.41. The molecule has 3 heteroatoms. The van der Waals surface area contributed by atoms with Gasteiger partial charge < -0.3 is 10.8 Å². The van der Waals surface area contributed by atoms with Crippen LogP contribution in [0, 0.1) is 0 Å². The summed E-state index contributed by atoms with van der Waals surface area (Å²) >= 11 is 0. The maximum atomic E-state index is 5.31. The fraction of sp³-hybridized carbons (Fsp3) is 0.600. The number of hydrogen-bond donors (Lipinski definition) is 2. The van der Waals surface area contributed by atoms with Crippen molar-refractivity contribution < 1.29 is 0 Å². The van der Waals surface area contributed by atoms with Gasteiger partial charge in [0.15, 0.2) is 0 Å². The maximum absolute atomic E-state index is 5.31. The van der Waals surface area contributed by atoms with Gasteiger partial charge in [0.1, 0.15) is 0 Å². The zero-order valence-electron chi connectivity index (χ0n) is 5.36. The van der Waals surface area contributed by atoms with Crippen LogP contribution in [0.25, 0.3) is 0 Å². The zero-order valence-corrected chi connectivity index (χ0v) is 6.36. The minimum absolute atomic E-state index is 0.650. The summed E-state index contributed by atoms with van der Waals surface area (Å²) in [5.41, 5.74) is 6.50. The lowest BCUT2D eigenvalue weighted by atomic mass is 10.3. The highest BCUT2D eigenvalue weighted by Gasteiger charge is 1.78. The van der Waals surface area contributed by atoms with E-state index in [-0.39, 0.29) is 0 Å². The number of rotatable bonds is 3. The molecule has 0 aromatic rings. The molecule has 0 aliphatic rings. The molecule has 0 saturated carbocycles. The normalized spacial score (nSPS) is 13.1. The Morgan fingerprint density at radius 3 is 2.88 bits per heavy atom. The minimum atomic E-state index is 0.650. The highest BCUT2D eigenvalue weighted by Crippen LogP contribution is 1.94. The van der Waals surface area contributed by atoms with Crippen LogP contribution in [0.5, 0.6) is 0 Å². The van der Waals surface area contributed by atoms with Crippen molar-refractivity contribution in [2.45, 2.75) is 6.92 Å². The lowest BCUT2D eigenvalue weighted by Crippen LogP contribution is -2.02. The summed E-state index contributed by atoms with van der Waals surface area (Å²) in [7, 11) is 0.772. The van der Waals surface area contributed by atoms with Gasteiger partial charge in [0.25, 0.3) is 0 Å². The molecule has 0 bridgehead atoms. The first-order valence-corrected chi connectivity index (χ1v) is 4.09.